The molecule has 3 heterocycles. The number of benzene rings is 2. The van der Waals surface area contributed by atoms with Crippen LogP contribution in [-0.4, -0.2) is 36.0 Å². The van der Waals surface area contributed by atoms with Crippen molar-refractivity contribution in [2.45, 2.75) is 73.1 Å². The Hall–Kier alpha value is -1.37. The molecule has 1 unspecified atom stereocenters. The van der Waals surface area contributed by atoms with E-state index < -0.39 is 0 Å². The maximum atomic E-state index is 6.71. The Balaban J connectivity index is 1.30. The summed E-state index contributed by atoms with van der Waals surface area (Å²) in [7, 11) is 0. The van der Waals surface area contributed by atoms with Gasteiger partial charge in [0.1, 0.15) is 11.5 Å². The molecule has 0 radical (unpaired) electrons. The Morgan fingerprint density at radius 1 is 0.897 bits per heavy atom. The zero-order valence-corrected chi connectivity index (χ0v) is 17.6. The highest BCUT2D eigenvalue weighted by Gasteiger charge is 2.51. The minimum Gasteiger partial charge on any atom is -0.367 e. The Morgan fingerprint density at radius 3 is 2.45 bits per heavy atom. The highest BCUT2D eigenvalue weighted by Crippen LogP contribution is 2.45. The average Bonchev–Trinajstić information content (AvgIpc) is 2.90. The maximum Gasteiger partial charge on any atom is 0.184 e. The van der Waals surface area contributed by atoms with Crippen molar-refractivity contribution in [3.05, 3.63) is 66.2 Å². The van der Waals surface area contributed by atoms with Crippen molar-refractivity contribution in [2.24, 2.45) is 0 Å². The molecule has 5 heteroatoms. The van der Waals surface area contributed by atoms with E-state index in [1.807, 2.05) is 42.1 Å². The normalized spacial score (nSPS) is 37.2. The van der Waals surface area contributed by atoms with Crippen LogP contribution in [0, 0.1) is 0 Å². The molecule has 0 amide bonds. The minimum atomic E-state index is -0.345. The van der Waals surface area contributed by atoms with Gasteiger partial charge >= 0.3 is 0 Å². The van der Waals surface area contributed by atoms with Crippen molar-refractivity contribution >= 4 is 11.8 Å². The molecule has 2 aromatic carbocycles. The lowest BCUT2D eigenvalue weighted by molar-refractivity contribution is -0.320. The monoisotopic (exact) mass is 412 g/mol. The van der Waals surface area contributed by atoms with Crippen LogP contribution in [0.3, 0.4) is 0 Å². The fourth-order valence-corrected chi connectivity index (χ4v) is 5.78. The molecule has 0 bridgehead atoms. The summed E-state index contributed by atoms with van der Waals surface area (Å²) in [5.74, 6) is 0. The SMILES string of the molecule is C[C@@]12C[C@@H]3O[C@H](c4ccccc4)OC[C@H]3O[C@H]1CCCC(Sc1ccccc1)O2. The van der Waals surface area contributed by atoms with Crippen LogP contribution in [0.5, 0.6) is 0 Å². The first-order valence-corrected chi connectivity index (χ1v) is 11.4. The number of hydrogen-bond acceptors (Lipinski definition) is 5. The standard InChI is InChI=1S/C24H28O4S/c1-24-15-19-20(16-25-23(27-19)17-9-4-2-5-10-17)26-21(24)13-8-14-22(28-24)29-18-11-6-3-7-12-18/h2-7,9-12,19-23H,8,13-16H2,1H3/t19-,20+,21-,22?,23+,24+/m0/s1. The van der Waals surface area contributed by atoms with Crippen LogP contribution in [0.1, 0.15) is 44.5 Å². The zero-order valence-electron chi connectivity index (χ0n) is 16.7. The van der Waals surface area contributed by atoms with Crippen molar-refractivity contribution in [1.82, 2.24) is 0 Å². The van der Waals surface area contributed by atoms with Gasteiger partial charge in [-0.25, -0.2) is 0 Å². The fourth-order valence-electron chi connectivity index (χ4n) is 4.61. The van der Waals surface area contributed by atoms with Gasteiger partial charge in [0.25, 0.3) is 0 Å². The highest BCUT2D eigenvalue weighted by atomic mass is 32.2. The molecule has 0 saturated carbocycles. The molecule has 0 spiro atoms. The zero-order chi connectivity index (χ0) is 19.7. The van der Waals surface area contributed by atoms with Crippen molar-refractivity contribution in [3.63, 3.8) is 0 Å². The predicted molar refractivity (Wildman–Crippen MR) is 113 cm³/mol. The van der Waals surface area contributed by atoms with E-state index in [1.165, 1.54) is 4.90 Å². The summed E-state index contributed by atoms with van der Waals surface area (Å²) in [6.07, 6.45) is 3.72. The van der Waals surface area contributed by atoms with E-state index in [-0.39, 0.29) is 35.6 Å². The lowest BCUT2D eigenvalue weighted by Crippen LogP contribution is -2.59. The van der Waals surface area contributed by atoms with Crippen molar-refractivity contribution in [2.75, 3.05) is 6.61 Å². The van der Waals surface area contributed by atoms with Crippen LogP contribution in [0.4, 0.5) is 0 Å². The minimum absolute atomic E-state index is 0.0179. The van der Waals surface area contributed by atoms with Crippen molar-refractivity contribution < 1.29 is 18.9 Å². The van der Waals surface area contributed by atoms with Gasteiger partial charge in [0.2, 0.25) is 0 Å². The Morgan fingerprint density at radius 2 is 1.66 bits per heavy atom. The van der Waals surface area contributed by atoms with Gasteiger partial charge in [0.15, 0.2) is 6.29 Å². The van der Waals surface area contributed by atoms with Gasteiger partial charge in [-0.05, 0) is 38.3 Å². The van der Waals surface area contributed by atoms with Crippen LogP contribution < -0.4 is 0 Å². The molecule has 0 aliphatic carbocycles. The molecule has 3 aliphatic heterocycles. The third-order valence-corrected chi connectivity index (χ3v) is 7.28. The summed E-state index contributed by atoms with van der Waals surface area (Å²) >= 11 is 1.82. The van der Waals surface area contributed by atoms with E-state index in [9.17, 15) is 0 Å². The summed E-state index contributed by atoms with van der Waals surface area (Å²) in [6, 6.07) is 20.7. The van der Waals surface area contributed by atoms with Crippen LogP contribution in [0.2, 0.25) is 0 Å². The van der Waals surface area contributed by atoms with Gasteiger partial charge in [-0.2, -0.15) is 0 Å². The quantitative estimate of drug-likeness (QED) is 0.681. The number of ether oxygens (including phenoxy) is 4. The summed E-state index contributed by atoms with van der Waals surface area (Å²) in [5, 5.41) is 0. The first-order valence-electron chi connectivity index (χ1n) is 10.6. The van der Waals surface area contributed by atoms with Gasteiger partial charge in [0, 0.05) is 16.9 Å². The number of fused-ring (bicyclic) bond motifs is 2. The average molecular weight is 413 g/mol. The molecule has 2 aromatic rings. The second-order valence-corrected chi connectivity index (χ2v) is 9.57. The summed E-state index contributed by atoms with van der Waals surface area (Å²) in [5.41, 5.74) is 0.845. The molecule has 3 aliphatic rings. The summed E-state index contributed by atoms with van der Waals surface area (Å²) < 4.78 is 25.5. The van der Waals surface area contributed by atoms with Crippen LogP contribution >= 0.6 is 11.8 Å². The first-order chi connectivity index (χ1) is 14.2. The molecule has 29 heavy (non-hydrogen) atoms. The van der Waals surface area contributed by atoms with Gasteiger partial charge in [0.05, 0.1) is 24.4 Å². The molecule has 0 aromatic heterocycles. The molecule has 4 nitrogen and oxygen atoms in total. The van der Waals surface area contributed by atoms with Crippen LogP contribution in [-0.2, 0) is 18.9 Å². The smallest absolute Gasteiger partial charge is 0.184 e. The van der Waals surface area contributed by atoms with E-state index in [0.29, 0.717) is 6.61 Å². The Kier molecular flexibility index (Phi) is 5.67. The lowest BCUT2D eigenvalue weighted by Gasteiger charge is -2.50. The summed E-state index contributed by atoms with van der Waals surface area (Å²) in [6.45, 7) is 2.77. The molecule has 6 atom stereocenters. The third-order valence-electron chi connectivity index (χ3n) is 6.14. The second kappa shape index (κ2) is 8.40. The third kappa shape index (κ3) is 4.25. The molecule has 5 rings (SSSR count). The first kappa shape index (κ1) is 19.6. The fraction of sp³-hybridized carbons (Fsp3) is 0.500. The summed E-state index contributed by atoms with van der Waals surface area (Å²) in [4.78, 5) is 1.25. The van der Waals surface area contributed by atoms with Gasteiger partial charge in [-0.3, -0.25) is 0 Å². The van der Waals surface area contributed by atoms with Crippen molar-refractivity contribution in [1.29, 1.82) is 0 Å². The Bertz CT molecular complexity index is 801. The Labute approximate surface area is 176 Å². The molecule has 3 fully saturated rings. The van der Waals surface area contributed by atoms with E-state index in [2.05, 4.69) is 37.3 Å². The van der Waals surface area contributed by atoms with E-state index >= 15 is 0 Å². The van der Waals surface area contributed by atoms with Gasteiger partial charge in [-0.15, -0.1) is 0 Å². The molecular formula is C24H28O4S. The maximum absolute atomic E-state index is 6.71. The lowest BCUT2D eigenvalue weighted by atomic mass is 9.84. The van der Waals surface area contributed by atoms with E-state index in [4.69, 9.17) is 18.9 Å². The predicted octanol–water partition coefficient (Wildman–Crippen LogP) is 5.34. The molecule has 0 N–H and O–H groups in total. The van der Waals surface area contributed by atoms with Crippen LogP contribution in [0.25, 0.3) is 0 Å². The number of rotatable bonds is 3. The molecular weight excluding hydrogens is 384 g/mol. The number of thioether (sulfide) groups is 1. The largest absolute Gasteiger partial charge is 0.367 e. The number of hydrogen-bond donors (Lipinski definition) is 0. The van der Waals surface area contributed by atoms with Crippen molar-refractivity contribution in [3.8, 4) is 0 Å². The van der Waals surface area contributed by atoms with E-state index in [1.54, 1.807) is 0 Å². The topological polar surface area (TPSA) is 36.9 Å². The highest BCUT2D eigenvalue weighted by molar-refractivity contribution is 7.99. The molecule has 3 saturated heterocycles. The van der Waals surface area contributed by atoms with E-state index in [0.717, 1.165) is 31.2 Å². The van der Waals surface area contributed by atoms with Gasteiger partial charge < -0.3 is 18.9 Å². The van der Waals surface area contributed by atoms with Crippen LogP contribution in [0.15, 0.2) is 65.6 Å². The second-order valence-electron chi connectivity index (χ2n) is 8.34. The van der Waals surface area contributed by atoms with Gasteiger partial charge in [-0.1, -0.05) is 60.3 Å². The molecule has 154 valence electrons.